The van der Waals surface area contributed by atoms with Crippen LogP contribution in [-0.4, -0.2) is 0 Å². The van der Waals surface area contributed by atoms with Crippen molar-refractivity contribution < 1.29 is 19.5 Å². The molecule has 0 spiro atoms. The monoisotopic (exact) mass is 231 g/mol. The molecule has 66 valence electrons. The van der Waals surface area contributed by atoms with Gasteiger partial charge < -0.3 is 0 Å². The van der Waals surface area contributed by atoms with Crippen molar-refractivity contribution in [1.29, 1.82) is 0 Å². The van der Waals surface area contributed by atoms with Gasteiger partial charge in [-0.3, -0.25) is 0 Å². The van der Waals surface area contributed by atoms with Crippen LogP contribution in [0.3, 0.4) is 0 Å². The molecule has 0 aliphatic rings. The molecule has 0 saturated carbocycles. The summed E-state index contributed by atoms with van der Waals surface area (Å²) in [6, 6.07) is 20.7. The maximum atomic E-state index is 2.17. The van der Waals surface area contributed by atoms with Crippen molar-refractivity contribution in [1.82, 2.24) is 0 Å². The van der Waals surface area contributed by atoms with Gasteiger partial charge in [0.1, 0.15) is 0 Å². The molecule has 1 heteroatoms. The van der Waals surface area contributed by atoms with E-state index in [2.05, 4.69) is 55.0 Å². The predicted molar refractivity (Wildman–Crippen MR) is 55.4 cm³/mol. The minimum Gasteiger partial charge on any atom is -0.126 e. The number of benzene rings is 2. The maximum absolute atomic E-state index is 2.17. The topological polar surface area (TPSA) is 0 Å². The summed E-state index contributed by atoms with van der Waals surface area (Å²) >= 11 is 0. The van der Waals surface area contributed by atoms with Crippen molar-refractivity contribution in [3.8, 4) is 0 Å². The molecule has 0 unspecified atom stereocenters. The van der Waals surface area contributed by atoms with Gasteiger partial charge in [0.25, 0.3) is 0 Å². The van der Waals surface area contributed by atoms with Gasteiger partial charge in [-0.25, -0.2) is 0 Å². The Bertz CT molecular complexity index is 316. The van der Waals surface area contributed by atoms with E-state index in [1.807, 2.05) is 12.1 Å². The van der Waals surface area contributed by atoms with E-state index in [0.717, 1.165) is 0 Å². The smallest absolute Gasteiger partial charge is 0 e. The molecule has 0 fully saturated rings. The first-order valence-corrected chi connectivity index (χ1v) is 4.40. The third-order valence-corrected chi connectivity index (χ3v) is 1.93. The van der Waals surface area contributed by atoms with Crippen LogP contribution in [0.2, 0.25) is 0 Å². The van der Waals surface area contributed by atoms with E-state index in [4.69, 9.17) is 0 Å². The first-order valence-electron chi connectivity index (χ1n) is 4.40. The molecular formula is C13H11Zn-. The van der Waals surface area contributed by atoms with Gasteiger partial charge in [-0.1, -0.05) is 36.4 Å². The third-order valence-electron chi connectivity index (χ3n) is 1.93. The summed E-state index contributed by atoms with van der Waals surface area (Å²) < 4.78 is 0. The molecule has 14 heavy (non-hydrogen) atoms. The van der Waals surface area contributed by atoms with E-state index >= 15 is 0 Å². The molecule has 0 bridgehead atoms. The van der Waals surface area contributed by atoms with Crippen molar-refractivity contribution in [2.75, 3.05) is 0 Å². The van der Waals surface area contributed by atoms with Gasteiger partial charge in [0.15, 0.2) is 0 Å². The van der Waals surface area contributed by atoms with Crippen LogP contribution in [0, 0.1) is 6.42 Å². The third kappa shape index (κ3) is 3.01. The molecule has 0 aliphatic heterocycles. The molecular weight excluding hydrogens is 222 g/mol. The quantitative estimate of drug-likeness (QED) is 0.551. The predicted octanol–water partition coefficient (Wildman–Crippen LogP) is 3.28. The molecule has 0 aliphatic carbocycles. The second-order valence-electron chi connectivity index (χ2n) is 2.97. The van der Waals surface area contributed by atoms with Crippen molar-refractivity contribution in [2.24, 2.45) is 0 Å². The van der Waals surface area contributed by atoms with Crippen LogP contribution >= 0.6 is 0 Å². The normalized spacial score (nSPS) is 8.86. The van der Waals surface area contributed by atoms with E-state index in [9.17, 15) is 0 Å². The minimum absolute atomic E-state index is 0. The van der Waals surface area contributed by atoms with Gasteiger partial charge in [-0.2, -0.15) is 0 Å². The fourth-order valence-electron chi connectivity index (χ4n) is 1.29. The minimum atomic E-state index is 0. The zero-order valence-corrected chi connectivity index (χ0v) is 11.0. The SMILES string of the molecule is [Zn].c1ccc([CH-]c2ccccc2)cc1. The molecule has 2 rings (SSSR count). The van der Waals surface area contributed by atoms with E-state index in [0.29, 0.717) is 0 Å². The summed E-state index contributed by atoms with van der Waals surface area (Å²) in [5.41, 5.74) is 2.49. The Labute approximate surface area is 97.7 Å². The van der Waals surface area contributed by atoms with E-state index in [-0.39, 0.29) is 19.5 Å². The molecule has 2 aromatic rings. The first kappa shape index (κ1) is 11.0. The van der Waals surface area contributed by atoms with Gasteiger partial charge in [0, 0.05) is 19.5 Å². The van der Waals surface area contributed by atoms with Crippen LogP contribution in [0.4, 0.5) is 0 Å². The van der Waals surface area contributed by atoms with E-state index in [1.54, 1.807) is 0 Å². The molecule has 0 saturated heterocycles. The van der Waals surface area contributed by atoms with Gasteiger partial charge in [0.05, 0.1) is 0 Å². The Kier molecular flexibility index (Phi) is 4.42. The van der Waals surface area contributed by atoms with Crippen molar-refractivity contribution >= 4 is 0 Å². The summed E-state index contributed by atoms with van der Waals surface area (Å²) in [5.74, 6) is 0. The van der Waals surface area contributed by atoms with E-state index in [1.165, 1.54) is 11.1 Å². The van der Waals surface area contributed by atoms with Gasteiger partial charge >= 0.3 is 0 Å². The summed E-state index contributed by atoms with van der Waals surface area (Å²) in [6.07, 6.45) is 2.17. The van der Waals surface area contributed by atoms with Crippen molar-refractivity contribution in [2.45, 2.75) is 0 Å². The Hall–Kier alpha value is -1.07. The molecule has 0 radical (unpaired) electrons. The van der Waals surface area contributed by atoms with Crippen LogP contribution in [-0.2, 0) is 19.5 Å². The van der Waals surface area contributed by atoms with Gasteiger partial charge in [0.2, 0.25) is 0 Å². The summed E-state index contributed by atoms with van der Waals surface area (Å²) in [4.78, 5) is 0. The molecule has 0 amide bonds. The van der Waals surface area contributed by atoms with Crippen molar-refractivity contribution in [3.05, 3.63) is 78.2 Å². The Morgan fingerprint density at radius 2 is 0.929 bits per heavy atom. The van der Waals surface area contributed by atoms with Crippen LogP contribution < -0.4 is 0 Å². The summed E-state index contributed by atoms with van der Waals surface area (Å²) in [7, 11) is 0. The van der Waals surface area contributed by atoms with E-state index < -0.39 is 0 Å². The largest absolute Gasteiger partial charge is 0.126 e. The molecule has 0 aromatic heterocycles. The van der Waals surface area contributed by atoms with Crippen LogP contribution in [0.1, 0.15) is 11.1 Å². The van der Waals surface area contributed by atoms with Crippen molar-refractivity contribution in [3.63, 3.8) is 0 Å². The molecule has 0 atom stereocenters. The number of hydrogen-bond acceptors (Lipinski definition) is 0. The van der Waals surface area contributed by atoms with Gasteiger partial charge in [-0.15, -0.1) is 41.8 Å². The van der Waals surface area contributed by atoms with Crippen LogP contribution in [0.15, 0.2) is 60.7 Å². The average molecular weight is 233 g/mol. The average Bonchev–Trinajstić information content (AvgIpc) is 2.21. The Morgan fingerprint density at radius 3 is 1.29 bits per heavy atom. The van der Waals surface area contributed by atoms with Crippen LogP contribution in [0.25, 0.3) is 0 Å². The maximum Gasteiger partial charge on any atom is 0 e. The molecule has 2 aromatic carbocycles. The fourth-order valence-corrected chi connectivity index (χ4v) is 1.29. The Balaban J connectivity index is 0.000000980. The molecule has 0 nitrogen and oxygen atoms in total. The summed E-state index contributed by atoms with van der Waals surface area (Å²) in [6.45, 7) is 0. The standard InChI is InChI=1S/C13H11.Zn/c1-3-7-12(8-4-1)11-13-9-5-2-6-10-13;/h1-11H;/q-1;. The van der Waals surface area contributed by atoms with Crippen LogP contribution in [0.5, 0.6) is 0 Å². The number of rotatable bonds is 2. The molecule has 0 N–H and O–H groups in total. The fraction of sp³-hybridized carbons (Fsp3) is 0. The van der Waals surface area contributed by atoms with Gasteiger partial charge in [-0.05, 0) is 0 Å². The zero-order valence-electron chi connectivity index (χ0n) is 8.06. The Morgan fingerprint density at radius 1 is 0.571 bits per heavy atom. The molecule has 0 heterocycles. The first-order chi connectivity index (χ1) is 6.45. The second-order valence-corrected chi connectivity index (χ2v) is 2.97. The number of hydrogen-bond donors (Lipinski definition) is 0. The second kappa shape index (κ2) is 5.62. The summed E-state index contributed by atoms with van der Waals surface area (Å²) in [5, 5.41) is 0. The zero-order chi connectivity index (χ0) is 8.93.